The Morgan fingerprint density at radius 3 is 2.35 bits per heavy atom. The molecule has 4 rings (SSSR count). The molecule has 4 bridgehead atoms. The normalized spacial score (nSPS) is 53.8. The Kier molecular flexibility index (Phi) is 2.62. The van der Waals surface area contributed by atoms with E-state index in [1.54, 1.807) is 0 Å². The highest BCUT2D eigenvalue weighted by molar-refractivity contribution is 6.13. The zero-order chi connectivity index (χ0) is 14.9. The molecule has 0 spiro atoms. The van der Waals surface area contributed by atoms with Gasteiger partial charge in [-0.15, -0.1) is 0 Å². The summed E-state index contributed by atoms with van der Waals surface area (Å²) in [5.41, 5.74) is 0.857. The first kappa shape index (κ1) is 13.6. The molecule has 6 atom stereocenters. The third-order valence-corrected chi connectivity index (χ3v) is 6.32. The molecular weight excluding hydrogens is 256 g/mol. The van der Waals surface area contributed by atoms with Gasteiger partial charge in [0.15, 0.2) is 0 Å². The fourth-order valence-electron chi connectivity index (χ4n) is 5.27. The van der Waals surface area contributed by atoms with Gasteiger partial charge >= 0.3 is 0 Å². The number of aliphatic hydroxyl groups is 1. The van der Waals surface area contributed by atoms with E-state index in [1.165, 1.54) is 0 Å². The Bertz CT molecular complexity index is 537. The van der Waals surface area contributed by atoms with E-state index in [0.29, 0.717) is 17.8 Å². The van der Waals surface area contributed by atoms with E-state index in [0.717, 1.165) is 12.0 Å². The molecule has 0 heterocycles. The summed E-state index contributed by atoms with van der Waals surface area (Å²) in [5, 5.41) is 36.9. The average Bonchev–Trinajstić information content (AvgIpc) is 2.39. The van der Waals surface area contributed by atoms with Gasteiger partial charge in [-0.1, -0.05) is 29.4 Å². The number of oxime groups is 2. The van der Waals surface area contributed by atoms with E-state index in [1.807, 2.05) is 20.8 Å². The predicted octanol–water partition coefficient (Wildman–Crippen LogP) is 2.27. The minimum atomic E-state index is -0.978. The van der Waals surface area contributed by atoms with E-state index in [2.05, 4.69) is 16.9 Å². The zero-order valence-corrected chi connectivity index (χ0v) is 12.2. The molecule has 0 aromatic heterocycles. The van der Waals surface area contributed by atoms with Crippen molar-refractivity contribution in [1.82, 2.24) is 0 Å². The van der Waals surface area contributed by atoms with Gasteiger partial charge in [0.2, 0.25) is 0 Å². The molecule has 0 saturated heterocycles. The van der Waals surface area contributed by atoms with Crippen molar-refractivity contribution >= 4 is 11.4 Å². The Balaban J connectivity index is 2.24. The summed E-state index contributed by atoms with van der Waals surface area (Å²) < 4.78 is 0. The summed E-state index contributed by atoms with van der Waals surface area (Å²) in [6.07, 6.45) is 1.36. The van der Waals surface area contributed by atoms with Crippen LogP contribution < -0.4 is 0 Å². The first-order valence-electron chi connectivity index (χ1n) is 7.14. The van der Waals surface area contributed by atoms with E-state index in [4.69, 9.17) is 0 Å². The van der Waals surface area contributed by atoms with Crippen molar-refractivity contribution in [3.8, 4) is 0 Å². The predicted molar refractivity (Wildman–Crippen MR) is 75.2 cm³/mol. The third-order valence-electron chi connectivity index (χ3n) is 6.32. The zero-order valence-electron chi connectivity index (χ0n) is 12.2. The van der Waals surface area contributed by atoms with Gasteiger partial charge in [0.25, 0.3) is 0 Å². The van der Waals surface area contributed by atoms with Crippen LogP contribution in [0.4, 0.5) is 0 Å². The van der Waals surface area contributed by atoms with Gasteiger partial charge in [-0.05, 0) is 32.6 Å². The minimum Gasteiger partial charge on any atom is -0.411 e. The van der Waals surface area contributed by atoms with Crippen molar-refractivity contribution in [2.75, 3.05) is 0 Å². The maximum absolute atomic E-state index is 11.2. The summed E-state index contributed by atoms with van der Waals surface area (Å²) in [6, 6.07) is 0. The largest absolute Gasteiger partial charge is 0.411 e. The smallest absolute Gasteiger partial charge is 0.0797 e. The van der Waals surface area contributed by atoms with Crippen LogP contribution in [-0.2, 0) is 0 Å². The Hall–Kier alpha value is -1.36. The van der Waals surface area contributed by atoms with Gasteiger partial charge in [0.05, 0.1) is 17.0 Å². The molecule has 0 aromatic carbocycles. The van der Waals surface area contributed by atoms with Gasteiger partial charge in [0.1, 0.15) is 0 Å². The Morgan fingerprint density at radius 1 is 1.25 bits per heavy atom. The quantitative estimate of drug-likeness (QED) is 0.391. The molecule has 0 radical (unpaired) electrons. The molecular formula is C15H22N2O3. The molecule has 4 aliphatic carbocycles. The van der Waals surface area contributed by atoms with Gasteiger partial charge in [-0.25, -0.2) is 0 Å². The molecule has 110 valence electrons. The lowest BCUT2D eigenvalue weighted by atomic mass is 9.38. The standard InChI is InChI=1S/C15H22N2O3/c1-7(2)15-5-9-8(3)11(14(15,4)18)13(17-20)10(6-15)12(9)16-19/h8-11,18-20H,1,5-6H2,2-4H3/b16-12-,17-13+. The molecule has 3 N–H and O–H groups in total. The average molecular weight is 278 g/mol. The van der Waals surface area contributed by atoms with Gasteiger partial charge in [0, 0.05) is 23.2 Å². The summed E-state index contributed by atoms with van der Waals surface area (Å²) >= 11 is 0. The highest BCUT2D eigenvalue weighted by atomic mass is 16.4. The Labute approximate surface area is 118 Å². The maximum atomic E-state index is 11.2. The van der Waals surface area contributed by atoms with Crippen molar-refractivity contribution in [1.29, 1.82) is 0 Å². The minimum absolute atomic E-state index is 0.0887. The van der Waals surface area contributed by atoms with Crippen molar-refractivity contribution in [2.45, 2.75) is 39.2 Å². The topological polar surface area (TPSA) is 85.4 Å². The van der Waals surface area contributed by atoms with Crippen molar-refractivity contribution in [3.05, 3.63) is 12.2 Å². The van der Waals surface area contributed by atoms with Crippen LogP contribution in [-0.4, -0.2) is 32.5 Å². The lowest BCUT2D eigenvalue weighted by Crippen LogP contribution is -2.72. The lowest BCUT2D eigenvalue weighted by molar-refractivity contribution is -0.154. The van der Waals surface area contributed by atoms with E-state index < -0.39 is 5.60 Å². The number of hydrogen-bond acceptors (Lipinski definition) is 5. The van der Waals surface area contributed by atoms with Gasteiger partial charge < -0.3 is 15.5 Å². The van der Waals surface area contributed by atoms with Crippen LogP contribution >= 0.6 is 0 Å². The molecule has 4 saturated carbocycles. The second-order valence-corrected chi connectivity index (χ2v) is 6.96. The third kappa shape index (κ3) is 1.23. The molecule has 4 aliphatic rings. The molecule has 20 heavy (non-hydrogen) atoms. The molecule has 5 heteroatoms. The van der Waals surface area contributed by atoms with Gasteiger partial charge in [-0.3, -0.25) is 0 Å². The van der Waals surface area contributed by atoms with Crippen LogP contribution in [0.15, 0.2) is 22.5 Å². The maximum Gasteiger partial charge on any atom is 0.0797 e. The molecule has 0 aliphatic heterocycles. The van der Waals surface area contributed by atoms with Crippen molar-refractivity contribution < 1.29 is 15.5 Å². The molecule has 5 nitrogen and oxygen atoms in total. The van der Waals surface area contributed by atoms with E-state index >= 15 is 0 Å². The second-order valence-electron chi connectivity index (χ2n) is 6.96. The van der Waals surface area contributed by atoms with Gasteiger partial charge in [-0.2, -0.15) is 0 Å². The fourth-order valence-corrected chi connectivity index (χ4v) is 5.27. The van der Waals surface area contributed by atoms with Crippen LogP contribution in [0.1, 0.15) is 33.6 Å². The van der Waals surface area contributed by atoms with E-state index in [9.17, 15) is 15.5 Å². The first-order valence-corrected chi connectivity index (χ1v) is 7.14. The van der Waals surface area contributed by atoms with Crippen LogP contribution in [0, 0.1) is 29.1 Å². The number of hydrogen-bond donors (Lipinski definition) is 3. The monoisotopic (exact) mass is 278 g/mol. The number of rotatable bonds is 1. The first-order chi connectivity index (χ1) is 9.31. The summed E-state index contributed by atoms with van der Waals surface area (Å²) in [5.74, 6) is -0.189. The lowest BCUT2D eigenvalue weighted by Gasteiger charge is -2.66. The fraction of sp³-hybridized carbons (Fsp3) is 0.733. The summed E-state index contributed by atoms with van der Waals surface area (Å²) in [6.45, 7) is 9.93. The molecule has 0 amide bonds. The molecule has 6 unspecified atom stereocenters. The van der Waals surface area contributed by atoms with Crippen LogP contribution in [0.3, 0.4) is 0 Å². The molecule has 4 fully saturated rings. The van der Waals surface area contributed by atoms with Crippen molar-refractivity contribution in [3.63, 3.8) is 0 Å². The number of nitrogens with zero attached hydrogens (tertiary/aromatic N) is 2. The second kappa shape index (κ2) is 3.85. The van der Waals surface area contributed by atoms with Crippen LogP contribution in [0.5, 0.6) is 0 Å². The highest BCUT2D eigenvalue weighted by Crippen LogP contribution is 2.66. The van der Waals surface area contributed by atoms with Crippen LogP contribution in [0.2, 0.25) is 0 Å². The molecule has 0 aromatic rings. The highest BCUT2D eigenvalue weighted by Gasteiger charge is 2.70. The Morgan fingerprint density at radius 2 is 1.85 bits per heavy atom. The summed E-state index contributed by atoms with van der Waals surface area (Å²) in [7, 11) is 0. The summed E-state index contributed by atoms with van der Waals surface area (Å²) in [4.78, 5) is 0. The van der Waals surface area contributed by atoms with E-state index in [-0.39, 0.29) is 29.1 Å². The van der Waals surface area contributed by atoms with Crippen LogP contribution in [0.25, 0.3) is 0 Å². The SMILES string of the molecule is C=C(C)C12CC3/C(=N\O)C(C1)C(C)C(/C3=N/O)C2(C)O. The van der Waals surface area contributed by atoms with Crippen molar-refractivity contribution in [2.24, 2.45) is 39.4 Å².